The van der Waals surface area contributed by atoms with E-state index in [4.69, 9.17) is 23.2 Å². The Morgan fingerprint density at radius 1 is 1.06 bits per heavy atom. The molecule has 1 amide bonds. The number of hydrogen-bond acceptors (Lipinski definition) is 3. The van der Waals surface area contributed by atoms with E-state index in [0.29, 0.717) is 23.4 Å². The van der Waals surface area contributed by atoms with E-state index in [1.807, 2.05) is 42.5 Å². The number of aryl methyl sites for hydroxylation is 1. The van der Waals surface area contributed by atoms with Gasteiger partial charge in [0.1, 0.15) is 5.75 Å². The van der Waals surface area contributed by atoms with Crippen LogP contribution in [0.4, 0.5) is 11.4 Å². The molecule has 1 aliphatic carbocycles. The number of amides is 1. The number of anilines is 2. The SMILES string of the molecule is O=C(CCc1ccccc1)Nc1ccc2c(c1)C1C=CCC1C(c1cc(Cl)cc(Cl)c1O)N2. The minimum atomic E-state index is -0.125. The Morgan fingerprint density at radius 2 is 1.88 bits per heavy atom. The van der Waals surface area contributed by atoms with Crippen molar-refractivity contribution in [3.05, 3.63) is 99.6 Å². The summed E-state index contributed by atoms with van der Waals surface area (Å²) in [6.07, 6.45) is 6.40. The Kier molecular flexibility index (Phi) is 6.05. The van der Waals surface area contributed by atoms with E-state index in [1.54, 1.807) is 12.1 Å². The van der Waals surface area contributed by atoms with Gasteiger partial charge in [-0.2, -0.15) is 0 Å². The van der Waals surface area contributed by atoms with Crippen molar-refractivity contribution in [1.29, 1.82) is 0 Å². The topological polar surface area (TPSA) is 61.4 Å². The van der Waals surface area contributed by atoms with E-state index in [2.05, 4.69) is 28.9 Å². The van der Waals surface area contributed by atoms with E-state index in [-0.39, 0.29) is 34.6 Å². The van der Waals surface area contributed by atoms with Crippen molar-refractivity contribution < 1.29 is 9.90 Å². The van der Waals surface area contributed by atoms with Crippen molar-refractivity contribution in [3.8, 4) is 5.75 Å². The van der Waals surface area contributed by atoms with Crippen molar-refractivity contribution in [2.45, 2.75) is 31.2 Å². The van der Waals surface area contributed by atoms with Gasteiger partial charge in [0.25, 0.3) is 0 Å². The van der Waals surface area contributed by atoms with Gasteiger partial charge in [0.2, 0.25) is 5.91 Å². The van der Waals surface area contributed by atoms with Gasteiger partial charge in [0, 0.05) is 34.3 Å². The minimum Gasteiger partial charge on any atom is -0.506 e. The molecule has 0 fully saturated rings. The Morgan fingerprint density at radius 3 is 2.70 bits per heavy atom. The second-order valence-corrected chi connectivity index (χ2v) is 9.48. The molecule has 3 aromatic rings. The number of hydrogen-bond donors (Lipinski definition) is 3. The summed E-state index contributed by atoms with van der Waals surface area (Å²) in [6.45, 7) is 0. The molecule has 0 spiro atoms. The Hall–Kier alpha value is -2.95. The van der Waals surface area contributed by atoms with Crippen LogP contribution >= 0.6 is 23.2 Å². The van der Waals surface area contributed by atoms with Gasteiger partial charge in [-0.1, -0.05) is 65.7 Å². The first-order valence-corrected chi connectivity index (χ1v) is 11.8. The zero-order valence-corrected chi connectivity index (χ0v) is 19.4. The van der Waals surface area contributed by atoms with E-state index >= 15 is 0 Å². The fraction of sp³-hybridized carbons (Fsp3) is 0.222. The number of carbonyl (C=O) groups excluding carboxylic acids is 1. The molecule has 6 heteroatoms. The van der Waals surface area contributed by atoms with E-state index in [9.17, 15) is 9.90 Å². The summed E-state index contributed by atoms with van der Waals surface area (Å²) in [5.74, 6) is 0.443. The zero-order chi connectivity index (χ0) is 22.9. The predicted octanol–water partition coefficient (Wildman–Crippen LogP) is 7.10. The average Bonchev–Trinajstić information content (AvgIpc) is 3.31. The highest BCUT2D eigenvalue weighted by Gasteiger charge is 2.39. The number of allylic oxidation sites excluding steroid dienone is 2. The van der Waals surface area contributed by atoms with Crippen LogP contribution in [0.1, 0.15) is 41.5 Å². The van der Waals surface area contributed by atoms with Crippen LogP contribution in [-0.4, -0.2) is 11.0 Å². The Bertz CT molecular complexity index is 1230. The van der Waals surface area contributed by atoms with E-state index in [1.165, 1.54) is 0 Å². The quantitative estimate of drug-likeness (QED) is 0.342. The minimum absolute atomic E-state index is 0.00236. The van der Waals surface area contributed by atoms with Gasteiger partial charge in [-0.25, -0.2) is 0 Å². The molecule has 1 aliphatic heterocycles. The van der Waals surface area contributed by atoms with Crippen LogP contribution in [0.5, 0.6) is 5.75 Å². The Balaban J connectivity index is 1.36. The lowest BCUT2D eigenvalue weighted by molar-refractivity contribution is -0.116. The lowest BCUT2D eigenvalue weighted by Gasteiger charge is -2.38. The molecule has 1 heterocycles. The smallest absolute Gasteiger partial charge is 0.224 e. The number of benzene rings is 3. The van der Waals surface area contributed by atoms with Crippen LogP contribution in [-0.2, 0) is 11.2 Å². The van der Waals surface area contributed by atoms with Gasteiger partial charge in [-0.3, -0.25) is 4.79 Å². The molecule has 3 atom stereocenters. The number of fused-ring (bicyclic) bond motifs is 3. The zero-order valence-electron chi connectivity index (χ0n) is 17.9. The second-order valence-electron chi connectivity index (χ2n) is 8.64. The molecule has 4 nitrogen and oxygen atoms in total. The third-order valence-electron chi connectivity index (χ3n) is 6.52. The number of phenols is 1. The molecule has 3 unspecified atom stereocenters. The number of nitrogens with one attached hydrogen (secondary N) is 2. The third kappa shape index (κ3) is 4.46. The maximum absolute atomic E-state index is 12.5. The summed E-state index contributed by atoms with van der Waals surface area (Å²) in [7, 11) is 0. The summed E-state index contributed by atoms with van der Waals surface area (Å²) in [5, 5.41) is 18.0. The summed E-state index contributed by atoms with van der Waals surface area (Å²) >= 11 is 12.4. The molecule has 0 bridgehead atoms. The molecule has 0 aromatic heterocycles. The highest BCUT2D eigenvalue weighted by Crippen LogP contribution is 2.52. The molecule has 5 rings (SSSR count). The molecule has 0 radical (unpaired) electrons. The fourth-order valence-corrected chi connectivity index (χ4v) is 5.44. The molecule has 0 saturated carbocycles. The monoisotopic (exact) mass is 478 g/mol. The fourth-order valence-electron chi connectivity index (χ4n) is 4.93. The lowest BCUT2D eigenvalue weighted by atomic mass is 9.76. The first-order chi connectivity index (χ1) is 16.0. The van der Waals surface area contributed by atoms with Crippen molar-refractivity contribution in [1.82, 2.24) is 0 Å². The second kappa shape index (κ2) is 9.12. The van der Waals surface area contributed by atoms with Crippen LogP contribution in [0.2, 0.25) is 10.0 Å². The molecule has 0 saturated heterocycles. The molecule has 3 N–H and O–H groups in total. The summed E-state index contributed by atoms with van der Waals surface area (Å²) in [6, 6.07) is 19.2. The highest BCUT2D eigenvalue weighted by atomic mass is 35.5. The van der Waals surface area contributed by atoms with Gasteiger partial charge in [0.15, 0.2) is 0 Å². The van der Waals surface area contributed by atoms with Crippen LogP contribution < -0.4 is 10.6 Å². The largest absolute Gasteiger partial charge is 0.506 e. The first-order valence-electron chi connectivity index (χ1n) is 11.1. The molecule has 168 valence electrons. The van der Waals surface area contributed by atoms with Crippen LogP contribution in [0.15, 0.2) is 72.8 Å². The van der Waals surface area contributed by atoms with Crippen LogP contribution in [0.25, 0.3) is 0 Å². The normalized spacial score (nSPS) is 20.6. The molecular formula is C27H24Cl2N2O2. The van der Waals surface area contributed by atoms with Gasteiger partial charge in [-0.15, -0.1) is 0 Å². The van der Waals surface area contributed by atoms with Crippen LogP contribution in [0, 0.1) is 5.92 Å². The summed E-state index contributed by atoms with van der Waals surface area (Å²) in [4.78, 5) is 12.5. The molecule has 33 heavy (non-hydrogen) atoms. The van der Waals surface area contributed by atoms with Crippen molar-refractivity contribution in [2.75, 3.05) is 10.6 Å². The molecule has 2 aliphatic rings. The number of aromatic hydroxyl groups is 1. The van der Waals surface area contributed by atoms with Gasteiger partial charge in [0.05, 0.1) is 11.1 Å². The molecule has 3 aromatic carbocycles. The van der Waals surface area contributed by atoms with Crippen LogP contribution in [0.3, 0.4) is 0 Å². The number of phenolic OH excluding ortho intramolecular Hbond substituents is 1. The summed E-state index contributed by atoms with van der Waals surface area (Å²) in [5.41, 5.74) is 4.76. The van der Waals surface area contributed by atoms with Crippen molar-refractivity contribution in [3.63, 3.8) is 0 Å². The first kappa shape index (κ1) is 21.9. The lowest BCUT2D eigenvalue weighted by Crippen LogP contribution is -2.29. The average molecular weight is 479 g/mol. The number of halogens is 2. The van der Waals surface area contributed by atoms with Crippen molar-refractivity contribution in [2.24, 2.45) is 5.92 Å². The highest BCUT2D eigenvalue weighted by molar-refractivity contribution is 6.35. The number of carbonyl (C=O) groups is 1. The Labute approximate surface area is 203 Å². The van der Waals surface area contributed by atoms with Crippen molar-refractivity contribution >= 4 is 40.5 Å². The number of rotatable bonds is 5. The summed E-state index contributed by atoms with van der Waals surface area (Å²) < 4.78 is 0. The van der Waals surface area contributed by atoms with Gasteiger partial charge in [-0.05, 0) is 60.2 Å². The maximum Gasteiger partial charge on any atom is 0.224 e. The van der Waals surface area contributed by atoms with Gasteiger partial charge >= 0.3 is 0 Å². The standard InChI is InChI=1S/C27H24Cl2N2O2/c28-17-13-22(27(33)23(29)14-17)26-20-8-4-7-19(20)21-15-18(10-11-24(21)31-26)30-25(32)12-9-16-5-2-1-3-6-16/h1-7,10-11,13-15,19-20,26,31,33H,8-9,12H2,(H,30,32). The van der Waals surface area contributed by atoms with E-state index < -0.39 is 0 Å². The third-order valence-corrected chi connectivity index (χ3v) is 7.03. The van der Waals surface area contributed by atoms with E-state index in [0.717, 1.165) is 28.9 Å². The van der Waals surface area contributed by atoms with Gasteiger partial charge < -0.3 is 15.7 Å². The predicted molar refractivity (Wildman–Crippen MR) is 134 cm³/mol. The maximum atomic E-state index is 12.5. The molecular weight excluding hydrogens is 455 g/mol.